The number of thiocyanates is 1. The van der Waals surface area contributed by atoms with Gasteiger partial charge in [0.2, 0.25) is 0 Å². The monoisotopic (exact) mass is 580 g/mol. The molecule has 4 aliphatic carbocycles. The maximum Gasteiger partial charge on any atom is 0.264 e. The average Bonchev–Trinajstić information content (AvgIpc) is 3.17. The second-order valence-corrected chi connectivity index (χ2v) is 16.4. The Morgan fingerprint density at radius 3 is 2.59 bits per heavy atom. The highest BCUT2D eigenvalue weighted by Gasteiger charge is 2.65. The van der Waals surface area contributed by atoms with E-state index in [0.717, 1.165) is 50.1 Å². The molecule has 5 fully saturated rings. The second-order valence-electron chi connectivity index (χ2n) is 14.1. The van der Waals surface area contributed by atoms with Gasteiger partial charge in [0.25, 0.3) is 10.1 Å². The molecule has 39 heavy (non-hydrogen) atoms. The summed E-state index contributed by atoms with van der Waals surface area (Å²) in [6, 6.07) is -0.107. The zero-order valence-corrected chi connectivity index (χ0v) is 25.6. The van der Waals surface area contributed by atoms with Crippen molar-refractivity contribution in [2.45, 2.75) is 90.4 Å². The van der Waals surface area contributed by atoms with Gasteiger partial charge in [-0.25, -0.2) is 0 Å². The molecule has 9 atom stereocenters. The van der Waals surface area contributed by atoms with E-state index in [4.69, 9.17) is 14.2 Å². The molecule has 0 aromatic carbocycles. The standard InChI is InChI=1S/C29H44N2O6S2/c1-27(2)16-31(10-11-36-27)22-13-28(3)18(12-25(22)37-39(5,34)35)6-7-19-20-8-9-21(24(33)15-38-17-30)29(20,4)14-23(32)26(19)28/h18-22,25-26H,6-16H2,1-5H3/t18-,19-,20-,21+,22-,25-,26+,28-,29-/m0/s1. The van der Waals surface area contributed by atoms with Crippen molar-refractivity contribution in [2.75, 3.05) is 31.7 Å². The van der Waals surface area contributed by atoms with Gasteiger partial charge in [-0.3, -0.25) is 18.7 Å². The van der Waals surface area contributed by atoms with Crippen LogP contribution >= 0.6 is 11.8 Å². The van der Waals surface area contributed by atoms with Gasteiger partial charge < -0.3 is 4.74 Å². The summed E-state index contributed by atoms with van der Waals surface area (Å²) in [6.45, 7) is 10.6. The summed E-state index contributed by atoms with van der Waals surface area (Å²) in [5, 5.41) is 11.0. The highest BCUT2D eigenvalue weighted by atomic mass is 32.2. The van der Waals surface area contributed by atoms with Crippen LogP contribution in [0.15, 0.2) is 0 Å². The van der Waals surface area contributed by atoms with Crippen molar-refractivity contribution < 1.29 is 26.9 Å². The smallest absolute Gasteiger partial charge is 0.264 e. The lowest BCUT2D eigenvalue weighted by molar-refractivity contribution is -0.174. The van der Waals surface area contributed by atoms with Gasteiger partial charge in [-0.1, -0.05) is 13.8 Å². The molecule has 218 valence electrons. The van der Waals surface area contributed by atoms with Crippen LogP contribution in [-0.4, -0.2) is 74.3 Å². The van der Waals surface area contributed by atoms with Crippen LogP contribution in [-0.2, 0) is 28.6 Å². The lowest BCUT2D eigenvalue weighted by atomic mass is 9.43. The number of nitriles is 1. The van der Waals surface area contributed by atoms with Crippen molar-refractivity contribution >= 4 is 33.4 Å². The first-order valence-corrected chi connectivity index (χ1v) is 17.3. The molecule has 1 aliphatic heterocycles. The molecule has 4 saturated carbocycles. The van der Waals surface area contributed by atoms with Crippen molar-refractivity contribution in [3.05, 3.63) is 0 Å². The van der Waals surface area contributed by atoms with Crippen molar-refractivity contribution in [3.63, 3.8) is 0 Å². The Morgan fingerprint density at radius 2 is 1.92 bits per heavy atom. The number of Topliss-reactive ketones (excluding diaryl/α,β-unsaturated/α-hetero) is 2. The molecule has 10 heteroatoms. The third-order valence-corrected chi connectivity index (χ3v) is 12.4. The molecule has 8 nitrogen and oxygen atoms in total. The van der Waals surface area contributed by atoms with E-state index in [9.17, 15) is 18.0 Å². The molecular formula is C29H44N2O6S2. The van der Waals surface area contributed by atoms with Crippen LogP contribution in [0.4, 0.5) is 0 Å². The van der Waals surface area contributed by atoms with Crippen LogP contribution in [0.25, 0.3) is 0 Å². The summed E-state index contributed by atoms with van der Waals surface area (Å²) in [5.74, 6) is 1.15. The summed E-state index contributed by atoms with van der Waals surface area (Å²) in [4.78, 5) is 29.6. The highest BCUT2D eigenvalue weighted by Crippen LogP contribution is 2.67. The zero-order chi connectivity index (χ0) is 28.4. The summed E-state index contributed by atoms with van der Waals surface area (Å²) in [6.07, 6.45) is 6.14. The Hall–Kier alpha value is -0.990. The predicted octanol–water partition coefficient (Wildman–Crippen LogP) is 4.04. The van der Waals surface area contributed by atoms with E-state index in [-0.39, 0.29) is 63.5 Å². The summed E-state index contributed by atoms with van der Waals surface area (Å²) in [7, 11) is -3.64. The molecule has 5 aliphatic rings. The van der Waals surface area contributed by atoms with E-state index >= 15 is 0 Å². The summed E-state index contributed by atoms with van der Waals surface area (Å²) < 4.78 is 36.4. The fourth-order valence-corrected chi connectivity index (χ4v) is 10.9. The molecule has 0 amide bonds. The maximum atomic E-state index is 14.2. The number of ketones is 2. The molecule has 0 N–H and O–H groups in total. The molecule has 5 rings (SSSR count). The van der Waals surface area contributed by atoms with Gasteiger partial charge in [0.15, 0.2) is 0 Å². The number of rotatable bonds is 6. The van der Waals surface area contributed by atoms with Crippen molar-refractivity contribution in [2.24, 2.45) is 40.4 Å². The molecule has 0 aromatic heterocycles. The largest absolute Gasteiger partial charge is 0.373 e. The maximum absolute atomic E-state index is 14.2. The molecule has 0 spiro atoms. The third-order valence-electron chi connectivity index (χ3n) is 11.2. The van der Waals surface area contributed by atoms with Gasteiger partial charge in [0.1, 0.15) is 17.0 Å². The van der Waals surface area contributed by atoms with Crippen LogP contribution in [0.3, 0.4) is 0 Å². The Labute approximate surface area is 238 Å². The Bertz CT molecular complexity index is 1150. The van der Waals surface area contributed by atoms with Crippen molar-refractivity contribution in [3.8, 4) is 5.40 Å². The Morgan fingerprint density at radius 1 is 1.18 bits per heavy atom. The number of carbonyl (C=O) groups excluding carboxylic acids is 2. The minimum atomic E-state index is -3.64. The molecular weight excluding hydrogens is 536 g/mol. The van der Waals surface area contributed by atoms with Gasteiger partial charge >= 0.3 is 0 Å². The van der Waals surface area contributed by atoms with Crippen LogP contribution in [0.2, 0.25) is 0 Å². The van der Waals surface area contributed by atoms with Crippen LogP contribution in [0.5, 0.6) is 0 Å². The van der Waals surface area contributed by atoms with Crippen molar-refractivity contribution in [1.29, 1.82) is 5.26 Å². The lowest BCUT2D eigenvalue weighted by Gasteiger charge is -2.62. The van der Waals surface area contributed by atoms with Crippen LogP contribution in [0.1, 0.15) is 72.6 Å². The Balaban J connectivity index is 1.44. The molecule has 0 aromatic rings. The van der Waals surface area contributed by atoms with E-state index in [1.807, 2.05) is 5.40 Å². The highest BCUT2D eigenvalue weighted by molar-refractivity contribution is 8.04. The first-order valence-electron chi connectivity index (χ1n) is 14.5. The number of nitrogens with zero attached hydrogens (tertiary/aromatic N) is 2. The molecule has 1 heterocycles. The van der Waals surface area contributed by atoms with Crippen LogP contribution in [0, 0.1) is 51.1 Å². The molecule has 1 saturated heterocycles. The second kappa shape index (κ2) is 10.4. The topological polar surface area (TPSA) is 114 Å². The SMILES string of the molecule is CC1(C)CN([C@H]2C[C@@]3(C)[C@@H](CC[C@H]4[C@@H]5CC[C@H](C(=O)CSC#N)[C@@]5(C)CC(=O)[C@@H]43)C[C@@H]2OS(C)(=O)=O)CCO1. The van der Waals surface area contributed by atoms with E-state index in [2.05, 4.69) is 32.6 Å². The van der Waals surface area contributed by atoms with E-state index in [1.54, 1.807) is 0 Å². The minimum absolute atomic E-state index is 0.0765. The first kappa shape index (κ1) is 29.5. The van der Waals surface area contributed by atoms with E-state index in [1.165, 1.54) is 0 Å². The zero-order valence-electron chi connectivity index (χ0n) is 24.0. The number of morpholine rings is 1. The van der Waals surface area contributed by atoms with Gasteiger partial charge in [-0.05, 0) is 92.7 Å². The van der Waals surface area contributed by atoms with Gasteiger partial charge in [-0.15, -0.1) is 0 Å². The van der Waals surface area contributed by atoms with Gasteiger partial charge in [0.05, 0.1) is 30.3 Å². The normalized spacial score (nSPS) is 44.1. The van der Waals surface area contributed by atoms with Crippen molar-refractivity contribution in [1.82, 2.24) is 4.90 Å². The number of fused-ring (bicyclic) bond motifs is 5. The number of thioether (sulfide) groups is 1. The lowest BCUT2D eigenvalue weighted by Crippen LogP contribution is -2.64. The first-order chi connectivity index (χ1) is 18.2. The summed E-state index contributed by atoms with van der Waals surface area (Å²) in [5.41, 5.74) is -0.915. The number of hydrogen-bond acceptors (Lipinski definition) is 9. The summed E-state index contributed by atoms with van der Waals surface area (Å²) >= 11 is 0.999. The third kappa shape index (κ3) is 5.36. The number of carbonyl (C=O) groups is 2. The molecule has 0 radical (unpaired) electrons. The van der Waals surface area contributed by atoms with Gasteiger partial charge in [0, 0.05) is 37.4 Å². The van der Waals surface area contributed by atoms with Crippen LogP contribution < -0.4 is 0 Å². The fourth-order valence-electron chi connectivity index (χ4n) is 9.84. The minimum Gasteiger partial charge on any atom is -0.373 e. The average molecular weight is 581 g/mol. The quantitative estimate of drug-likeness (QED) is 0.339. The predicted molar refractivity (Wildman–Crippen MR) is 149 cm³/mol. The number of ether oxygens (including phenoxy) is 1. The molecule has 0 unspecified atom stereocenters. The number of hydrogen-bond donors (Lipinski definition) is 0. The van der Waals surface area contributed by atoms with E-state index in [0.29, 0.717) is 38.5 Å². The fraction of sp³-hybridized carbons (Fsp3) is 0.897. The van der Waals surface area contributed by atoms with E-state index < -0.39 is 16.2 Å². The Kier molecular flexibility index (Phi) is 7.85. The molecule has 0 bridgehead atoms. The van der Waals surface area contributed by atoms with Gasteiger partial charge in [-0.2, -0.15) is 13.7 Å².